The second-order valence-corrected chi connectivity index (χ2v) is 8.22. The van der Waals surface area contributed by atoms with Crippen molar-refractivity contribution in [2.24, 2.45) is 0 Å². The minimum atomic E-state index is 0.869. The summed E-state index contributed by atoms with van der Waals surface area (Å²) in [5.41, 5.74) is 5.45. The molecular formula is C19H21N3S2. The van der Waals surface area contributed by atoms with Crippen LogP contribution >= 0.6 is 23.1 Å². The Morgan fingerprint density at radius 2 is 2.17 bits per heavy atom. The lowest BCUT2D eigenvalue weighted by Gasteiger charge is -2.08. The summed E-state index contributed by atoms with van der Waals surface area (Å²) in [4.78, 5) is 15.3. The normalized spacial score (nSPS) is 13.7. The average molecular weight is 356 g/mol. The summed E-state index contributed by atoms with van der Waals surface area (Å²) in [6, 6.07) is 0. The van der Waals surface area contributed by atoms with Gasteiger partial charge in [0.25, 0.3) is 0 Å². The number of aromatic nitrogens is 3. The molecule has 0 bridgehead atoms. The van der Waals surface area contributed by atoms with Crippen molar-refractivity contribution in [3.63, 3.8) is 0 Å². The van der Waals surface area contributed by atoms with E-state index in [2.05, 4.69) is 23.5 Å². The zero-order valence-electron chi connectivity index (χ0n) is 14.0. The number of fused-ring (bicyclic) bond motifs is 5. The molecule has 1 aliphatic carbocycles. The van der Waals surface area contributed by atoms with E-state index in [1.807, 2.05) is 6.08 Å². The van der Waals surface area contributed by atoms with Crippen LogP contribution in [-0.4, -0.2) is 20.7 Å². The van der Waals surface area contributed by atoms with E-state index in [0.717, 1.165) is 27.5 Å². The van der Waals surface area contributed by atoms with E-state index in [9.17, 15) is 0 Å². The van der Waals surface area contributed by atoms with Crippen LogP contribution in [0.1, 0.15) is 43.0 Å². The highest BCUT2D eigenvalue weighted by Crippen LogP contribution is 2.41. The van der Waals surface area contributed by atoms with Crippen LogP contribution in [0.4, 0.5) is 0 Å². The molecule has 0 radical (unpaired) electrons. The molecule has 3 nitrogen and oxygen atoms in total. The van der Waals surface area contributed by atoms with Crippen molar-refractivity contribution in [1.82, 2.24) is 15.0 Å². The lowest BCUT2D eigenvalue weighted by molar-refractivity contribution is 0.770. The predicted octanol–water partition coefficient (Wildman–Crippen LogP) is 5.35. The van der Waals surface area contributed by atoms with E-state index in [-0.39, 0.29) is 0 Å². The lowest BCUT2D eigenvalue weighted by Crippen LogP contribution is -1.98. The quantitative estimate of drug-likeness (QED) is 0.339. The molecular weight excluding hydrogens is 334 g/mol. The number of hydrogen-bond acceptors (Lipinski definition) is 5. The van der Waals surface area contributed by atoms with Crippen LogP contribution in [0.5, 0.6) is 0 Å². The monoisotopic (exact) mass is 355 g/mol. The van der Waals surface area contributed by atoms with Crippen molar-refractivity contribution in [2.75, 3.05) is 5.75 Å². The fourth-order valence-electron chi connectivity index (χ4n) is 3.55. The molecule has 0 spiro atoms. The third kappa shape index (κ3) is 2.64. The molecule has 0 N–H and O–H groups in total. The second kappa shape index (κ2) is 6.81. The third-order valence-electron chi connectivity index (χ3n) is 4.63. The van der Waals surface area contributed by atoms with Gasteiger partial charge < -0.3 is 0 Å². The number of hydrogen-bond donors (Lipinski definition) is 0. The van der Waals surface area contributed by atoms with Gasteiger partial charge in [-0.05, 0) is 43.2 Å². The average Bonchev–Trinajstić information content (AvgIpc) is 3.21. The van der Waals surface area contributed by atoms with Gasteiger partial charge in [0.1, 0.15) is 16.2 Å². The van der Waals surface area contributed by atoms with Gasteiger partial charge in [-0.25, -0.2) is 15.0 Å². The summed E-state index contributed by atoms with van der Waals surface area (Å²) in [6.07, 6.45) is 10.8. The molecule has 3 heterocycles. The third-order valence-corrected chi connectivity index (χ3v) is 6.82. The molecule has 24 heavy (non-hydrogen) atoms. The Hall–Kier alpha value is -1.46. The number of rotatable bonds is 6. The molecule has 0 fully saturated rings. The number of pyridine rings is 1. The Morgan fingerprint density at radius 1 is 1.29 bits per heavy atom. The minimum Gasteiger partial charge on any atom is -0.242 e. The molecule has 0 atom stereocenters. The van der Waals surface area contributed by atoms with E-state index < -0.39 is 0 Å². The molecule has 4 rings (SSSR count). The molecule has 3 aromatic rings. The highest BCUT2D eigenvalue weighted by molar-refractivity contribution is 7.99. The van der Waals surface area contributed by atoms with E-state index in [4.69, 9.17) is 4.98 Å². The number of thiophene rings is 1. The molecule has 124 valence electrons. The zero-order valence-corrected chi connectivity index (χ0v) is 15.6. The SMILES string of the molecule is C=CCSc1ncnc2c1sc1nc(CCCC)c3c(c12)CCC3. The molecule has 1 aliphatic rings. The largest absolute Gasteiger partial charge is 0.242 e. The predicted molar refractivity (Wildman–Crippen MR) is 104 cm³/mol. The molecule has 0 aliphatic heterocycles. The van der Waals surface area contributed by atoms with Gasteiger partial charge in [-0.2, -0.15) is 0 Å². The Morgan fingerprint density at radius 3 is 3.00 bits per heavy atom. The van der Waals surface area contributed by atoms with Gasteiger partial charge in [0, 0.05) is 16.8 Å². The summed E-state index contributed by atoms with van der Waals surface area (Å²) in [6.45, 7) is 6.06. The number of nitrogens with zero attached hydrogens (tertiary/aromatic N) is 3. The molecule has 0 saturated carbocycles. The molecule has 0 unspecified atom stereocenters. The molecule has 5 heteroatoms. The van der Waals surface area contributed by atoms with Crippen LogP contribution in [0.3, 0.4) is 0 Å². The summed E-state index contributed by atoms with van der Waals surface area (Å²) >= 11 is 3.49. The Balaban J connectivity index is 1.94. The van der Waals surface area contributed by atoms with Crippen molar-refractivity contribution >= 4 is 43.5 Å². The van der Waals surface area contributed by atoms with Crippen LogP contribution in [-0.2, 0) is 19.3 Å². The van der Waals surface area contributed by atoms with Crippen LogP contribution in [0, 0.1) is 0 Å². The lowest BCUT2D eigenvalue weighted by atomic mass is 10.0. The Kier molecular flexibility index (Phi) is 4.55. The van der Waals surface area contributed by atoms with Crippen molar-refractivity contribution in [1.29, 1.82) is 0 Å². The van der Waals surface area contributed by atoms with Crippen LogP contribution in [0.15, 0.2) is 24.0 Å². The first-order chi connectivity index (χ1) is 11.8. The maximum Gasteiger partial charge on any atom is 0.126 e. The van der Waals surface area contributed by atoms with Crippen LogP contribution in [0.25, 0.3) is 20.4 Å². The molecule has 3 aromatic heterocycles. The van der Waals surface area contributed by atoms with E-state index in [1.54, 1.807) is 29.4 Å². The van der Waals surface area contributed by atoms with E-state index in [1.165, 1.54) is 59.0 Å². The smallest absolute Gasteiger partial charge is 0.126 e. The first-order valence-electron chi connectivity index (χ1n) is 8.65. The highest BCUT2D eigenvalue weighted by Gasteiger charge is 2.23. The van der Waals surface area contributed by atoms with Gasteiger partial charge in [0.2, 0.25) is 0 Å². The van der Waals surface area contributed by atoms with Crippen molar-refractivity contribution < 1.29 is 0 Å². The summed E-state index contributed by atoms with van der Waals surface area (Å²) in [5.74, 6) is 0.869. The van der Waals surface area contributed by atoms with Gasteiger partial charge in [0.15, 0.2) is 0 Å². The number of aryl methyl sites for hydroxylation is 2. The standard InChI is InChI=1S/C19H21N3S2/c1-3-5-9-14-12-7-6-8-13(12)15-16-17(24-18(15)22-14)19(21-11-20-16)23-10-4-2/h4,11H,2-3,5-10H2,1H3. The first-order valence-corrected chi connectivity index (χ1v) is 10.4. The maximum absolute atomic E-state index is 5.06. The van der Waals surface area contributed by atoms with Gasteiger partial charge in [-0.3, -0.25) is 0 Å². The second-order valence-electron chi connectivity index (χ2n) is 6.21. The van der Waals surface area contributed by atoms with Gasteiger partial charge in [-0.15, -0.1) is 29.7 Å². The Labute approximate surface area is 150 Å². The number of thioether (sulfide) groups is 1. The van der Waals surface area contributed by atoms with Gasteiger partial charge >= 0.3 is 0 Å². The number of unbranched alkanes of at least 4 members (excludes halogenated alkanes) is 1. The van der Waals surface area contributed by atoms with Crippen molar-refractivity contribution in [3.8, 4) is 0 Å². The molecule has 0 aromatic carbocycles. The van der Waals surface area contributed by atoms with Gasteiger partial charge in [-0.1, -0.05) is 19.4 Å². The topological polar surface area (TPSA) is 38.7 Å². The summed E-state index contributed by atoms with van der Waals surface area (Å²) < 4.78 is 1.19. The zero-order chi connectivity index (χ0) is 16.5. The maximum atomic E-state index is 5.06. The van der Waals surface area contributed by atoms with E-state index >= 15 is 0 Å². The summed E-state index contributed by atoms with van der Waals surface area (Å²) in [5, 5.41) is 2.36. The fraction of sp³-hybridized carbons (Fsp3) is 0.421. The minimum absolute atomic E-state index is 0.869. The van der Waals surface area contributed by atoms with Crippen LogP contribution in [0.2, 0.25) is 0 Å². The molecule has 0 saturated heterocycles. The van der Waals surface area contributed by atoms with Gasteiger partial charge in [0.05, 0.1) is 10.2 Å². The Bertz CT molecular complexity index is 914. The first kappa shape index (κ1) is 16.0. The highest BCUT2D eigenvalue weighted by atomic mass is 32.2. The van der Waals surface area contributed by atoms with Crippen molar-refractivity contribution in [2.45, 2.75) is 50.5 Å². The van der Waals surface area contributed by atoms with Crippen LogP contribution < -0.4 is 0 Å². The molecule has 0 amide bonds. The van der Waals surface area contributed by atoms with E-state index in [0.29, 0.717) is 0 Å². The van der Waals surface area contributed by atoms with Crippen molar-refractivity contribution in [3.05, 3.63) is 35.8 Å². The fourth-order valence-corrected chi connectivity index (χ4v) is 5.54. The summed E-state index contributed by atoms with van der Waals surface area (Å²) in [7, 11) is 0.